The van der Waals surface area contributed by atoms with E-state index in [0.717, 1.165) is 26.6 Å². The molecule has 4 heteroatoms. The number of alkyl halides is 2. The first-order chi connectivity index (χ1) is 8.45. The number of hydrogen-bond acceptors (Lipinski definition) is 2. The van der Waals surface area contributed by atoms with Crippen molar-refractivity contribution in [1.29, 1.82) is 0 Å². The Bertz CT molecular complexity index is 249. The Balaban J connectivity index is 0.000000771. The van der Waals surface area contributed by atoms with Crippen LogP contribution in [0, 0.1) is 11.3 Å². The summed E-state index contributed by atoms with van der Waals surface area (Å²) in [5.41, 5.74) is 0.284. The molecule has 1 unspecified atom stereocenters. The Morgan fingerprint density at radius 2 is 1.94 bits per heavy atom. The van der Waals surface area contributed by atoms with Gasteiger partial charge in [-0.2, -0.15) is 0 Å². The molecule has 1 aliphatic heterocycles. The Kier molecular flexibility index (Phi) is 5.53. The van der Waals surface area contributed by atoms with E-state index in [2.05, 4.69) is 4.90 Å². The van der Waals surface area contributed by atoms with Crippen LogP contribution in [0.5, 0.6) is 0 Å². The van der Waals surface area contributed by atoms with Crippen molar-refractivity contribution in [3.63, 3.8) is 0 Å². The second-order valence-electron chi connectivity index (χ2n) is 5.61. The van der Waals surface area contributed by atoms with Crippen LogP contribution in [0.4, 0.5) is 8.78 Å². The number of halogens is 2. The predicted molar refractivity (Wildman–Crippen MR) is 70.1 cm³/mol. The minimum atomic E-state index is -2.52. The zero-order valence-electron chi connectivity index (χ0n) is 12.1. The standard InChI is InChI=1S/C12H21F2NO.C2H6/c1-11(13,14)10-3-6-15(7-10)8-12(4-5-12)9-16-2;1-2/h10H,3-9H2,1-2H3;1-2H3. The highest BCUT2D eigenvalue weighted by atomic mass is 19.3. The molecule has 108 valence electrons. The molecule has 0 aromatic heterocycles. The summed E-state index contributed by atoms with van der Waals surface area (Å²) in [6, 6.07) is 0. The average molecular weight is 263 g/mol. The zero-order chi connectivity index (χ0) is 13.8. The van der Waals surface area contributed by atoms with Crippen molar-refractivity contribution in [2.75, 3.05) is 33.4 Å². The highest BCUT2D eigenvalue weighted by molar-refractivity contribution is 4.97. The summed E-state index contributed by atoms with van der Waals surface area (Å²) in [4.78, 5) is 2.19. The summed E-state index contributed by atoms with van der Waals surface area (Å²) in [5, 5.41) is 0. The normalized spacial score (nSPS) is 26.7. The van der Waals surface area contributed by atoms with Crippen LogP contribution in [0.1, 0.15) is 40.0 Å². The van der Waals surface area contributed by atoms with Crippen LogP contribution in [-0.2, 0) is 4.74 Å². The predicted octanol–water partition coefficient (Wildman–Crippen LogP) is 3.42. The lowest BCUT2D eigenvalue weighted by atomic mass is 10.0. The SMILES string of the molecule is CC.COCC1(CN2CCC(C(C)(F)F)C2)CC1. The van der Waals surface area contributed by atoms with Crippen molar-refractivity contribution in [3.8, 4) is 0 Å². The van der Waals surface area contributed by atoms with Gasteiger partial charge < -0.3 is 9.64 Å². The largest absolute Gasteiger partial charge is 0.384 e. The molecule has 18 heavy (non-hydrogen) atoms. The molecule has 0 aromatic rings. The van der Waals surface area contributed by atoms with Gasteiger partial charge in [-0.25, -0.2) is 8.78 Å². The summed E-state index contributed by atoms with van der Waals surface area (Å²) < 4.78 is 31.5. The lowest BCUT2D eigenvalue weighted by Crippen LogP contribution is -2.33. The highest BCUT2D eigenvalue weighted by Crippen LogP contribution is 2.47. The van der Waals surface area contributed by atoms with Crippen LogP contribution in [0.25, 0.3) is 0 Å². The lowest BCUT2D eigenvalue weighted by molar-refractivity contribution is -0.0359. The van der Waals surface area contributed by atoms with Gasteiger partial charge in [-0.1, -0.05) is 13.8 Å². The minimum Gasteiger partial charge on any atom is -0.384 e. The first kappa shape index (κ1) is 15.8. The van der Waals surface area contributed by atoms with Crippen LogP contribution in [0.15, 0.2) is 0 Å². The summed E-state index contributed by atoms with van der Waals surface area (Å²) in [6.45, 7) is 8.13. The molecular formula is C14H27F2NO. The molecule has 1 heterocycles. The second kappa shape index (κ2) is 6.29. The molecular weight excluding hydrogens is 236 g/mol. The fraction of sp³-hybridized carbons (Fsp3) is 1.00. The second-order valence-corrected chi connectivity index (χ2v) is 5.61. The van der Waals surface area contributed by atoms with Gasteiger partial charge in [-0.05, 0) is 32.7 Å². The summed E-state index contributed by atoms with van der Waals surface area (Å²) in [7, 11) is 1.72. The number of ether oxygens (including phenoxy) is 1. The van der Waals surface area contributed by atoms with Crippen LogP contribution in [0.2, 0.25) is 0 Å². The molecule has 2 fully saturated rings. The third-order valence-electron chi connectivity index (χ3n) is 3.96. The van der Waals surface area contributed by atoms with Crippen LogP contribution < -0.4 is 0 Å². The van der Waals surface area contributed by atoms with E-state index in [9.17, 15) is 8.78 Å². The molecule has 0 aromatic carbocycles. The Morgan fingerprint density at radius 3 is 2.33 bits per heavy atom. The van der Waals surface area contributed by atoms with E-state index in [4.69, 9.17) is 4.74 Å². The van der Waals surface area contributed by atoms with Crippen molar-refractivity contribution in [3.05, 3.63) is 0 Å². The zero-order valence-corrected chi connectivity index (χ0v) is 12.1. The van der Waals surface area contributed by atoms with E-state index in [1.165, 1.54) is 12.8 Å². The molecule has 0 spiro atoms. The van der Waals surface area contributed by atoms with E-state index < -0.39 is 11.8 Å². The Hall–Kier alpha value is -0.220. The molecule has 0 radical (unpaired) electrons. The highest BCUT2D eigenvalue weighted by Gasteiger charge is 2.46. The monoisotopic (exact) mass is 263 g/mol. The van der Waals surface area contributed by atoms with Gasteiger partial charge in [0.25, 0.3) is 0 Å². The van der Waals surface area contributed by atoms with Crippen molar-refractivity contribution >= 4 is 0 Å². The molecule has 2 nitrogen and oxygen atoms in total. The molecule has 1 saturated carbocycles. The van der Waals surface area contributed by atoms with Gasteiger partial charge >= 0.3 is 0 Å². The number of likely N-dealkylation sites (tertiary alicyclic amines) is 1. The van der Waals surface area contributed by atoms with Crippen molar-refractivity contribution in [2.24, 2.45) is 11.3 Å². The van der Waals surface area contributed by atoms with Crippen LogP contribution >= 0.6 is 0 Å². The topological polar surface area (TPSA) is 12.5 Å². The summed E-state index contributed by atoms with van der Waals surface area (Å²) >= 11 is 0. The fourth-order valence-corrected chi connectivity index (χ4v) is 2.70. The van der Waals surface area contributed by atoms with Gasteiger partial charge in [0.2, 0.25) is 5.92 Å². The van der Waals surface area contributed by atoms with Gasteiger partial charge in [-0.15, -0.1) is 0 Å². The fourth-order valence-electron chi connectivity index (χ4n) is 2.70. The van der Waals surface area contributed by atoms with Gasteiger partial charge in [0.15, 0.2) is 0 Å². The smallest absolute Gasteiger partial charge is 0.249 e. The van der Waals surface area contributed by atoms with Gasteiger partial charge in [-0.3, -0.25) is 0 Å². The Morgan fingerprint density at radius 1 is 1.33 bits per heavy atom. The van der Waals surface area contributed by atoms with Gasteiger partial charge in [0.1, 0.15) is 0 Å². The van der Waals surface area contributed by atoms with Crippen LogP contribution in [0.3, 0.4) is 0 Å². The van der Waals surface area contributed by atoms with Crippen molar-refractivity contribution in [2.45, 2.75) is 46.0 Å². The summed E-state index contributed by atoms with van der Waals surface area (Å²) in [5.74, 6) is -2.97. The van der Waals surface area contributed by atoms with Gasteiger partial charge in [0, 0.05) is 31.5 Å². The van der Waals surface area contributed by atoms with E-state index in [1.807, 2.05) is 13.8 Å². The van der Waals surface area contributed by atoms with Crippen molar-refractivity contribution < 1.29 is 13.5 Å². The molecule has 1 aliphatic carbocycles. The number of nitrogens with zero attached hydrogens (tertiary/aromatic N) is 1. The third-order valence-corrected chi connectivity index (χ3v) is 3.96. The molecule has 0 bridgehead atoms. The number of methoxy groups -OCH3 is 1. The number of hydrogen-bond donors (Lipinski definition) is 0. The number of rotatable bonds is 5. The van der Waals surface area contributed by atoms with E-state index in [-0.39, 0.29) is 5.41 Å². The van der Waals surface area contributed by atoms with Gasteiger partial charge in [0.05, 0.1) is 6.61 Å². The quantitative estimate of drug-likeness (QED) is 0.753. The maximum absolute atomic E-state index is 13.1. The minimum absolute atomic E-state index is 0.284. The molecule has 0 amide bonds. The molecule has 2 rings (SSSR count). The van der Waals surface area contributed by atoms with Crippen molar-refractivity contribution in [1.82, 2.24) is 4.90 Å². The molecule has 0 N–H and O–H groups in total. The summed E-state index contributed by atoms with van der Waals surface area (Å²) in [6.07, 6.45) is 3.00. The van der Waals surface area contributed by atoms with E-state index in [0.29, 0.717) is 13.0 Å². The third kappa shape index (κ3) is 4.16. The van der Waals surface area contributed by atoms with E-state index >= 15 is 0 Å². The maximum atomic E-state index is 13.1. The average Bonchev–Trinajstić information content (AvgIpc) is 2.88. The maximum Gasteiger partial charge on any atom is 0.249 e. The molecule has 1 saturated heterocycles. The first-order valence-electron chi connectivity index (χ1n) is 7.04. The Labute approximate surface area is 110 Å². The molecule has 2 aliphatic rings. The lowest BCUT2D eigenvalue weighted by Gasteiger charge is -2.24. The first-order valence-corrected chi connectivity index (χ1v) is 7.04. The molecule has 1 atom stereocenters. The van der Waals surface area contributed by atoms with Crippen LogP contribution in [-0.4, -0.2) is 44.2 Å². The van der Waals surface area contributed by atoms with E-state index in [1.54, 1.807) is 7.11 Å².